The Morgan fingerprint density at radius 3 is 2.36 bits per heavy atom. The third-order valence-corrected chi connectivity index (χ3v) is 5.14. The molecule has 1 fully saturated rings. The summed E-state index contributed by atoms with van der Waals surface area (Å²) >= 11 is 0. The molecule has 0 bridgehead atoms. The number of hydrogen-bond acceptors (Lipinski definition) is 6. The van der Waals surface area contributed by atoms with Gasteiger partial charge in [-0.25, -0.2) is 0 Å². The highest BCUT2D eigenvalue weighted by atomic mass is 15.3. The van der Waals surface area contributed by atoms with Crippen LogP contribution in [0.2, 0.25) is 0 Å². The first kappa shape index (κ1) is 18.2. The van der Waals surface area contributed by atoms with Crippen LogP contribution in [0.4, 0.5) is 23.1 Å². The molecule has 0 radical (unpaired) electrons. The quantitative estimate of drug-likeness (QED) is 0.748. The van der Waals surface area contributed by atoms with Gasteiger partial charge in [-0.15, -0.1) is 5.10 Å². The molecule has 4 rings (SSSR count). The van der Waals surface area contributed by atoms with E-state index < -0.39 is 0 Å². The molecule has 0 amide bonds. The predicted molar refractivity (Wildman–Crippen MR) is 115 cm³/mol. The first-order valence-corrected chi connectivity index (χ1v) is 9.69. The highest BCUT2D eigenvalue weighted by Gasteiger charge is 2.19. The number of aromatic nitrogens is 3. The van der Waals surface area contributed by atoms with Crippen LogP contribution in [0, 0.1) is 20.8 Å². The van der Waals surface area contributed by atoms with Crippen molar-refractivity contribution < 1.29 is 0 Å². The monoisotopic (exact) mass is 374 g/mol. The SMILES string of the molecule is Cc1cccc(N2CCN(c3cnnc(Nc4ccc(C)cc4C)n3)CC2)c1. The van der Waals surface area contributed by atoms with Gasteiger partial charge in [-0.1, -0.05) is 29.8 Å². The first-order valence-electron chi connectivity index (χ1n) is 9.69. The van der Waals surface area contributed by atoms with Crippen molar-refractivity contribution in [2.75, 3.05) is 41.3 Å². The van der Waals surface area contributed by atoms with Gasteiger partial charge < -0.3 is 15.1 Å². The van der Waals surface area contributed by atoms with Crippen molar-refractivity contribution in [2.24, 2.45) is 0 Å². The highest BCUT2D eigenvalue weighted by molar-refractivity contribution is 5.59. The third-order valence-electron chi connectivity index (χ3n) is 5.14. The zero-order chi connectivity index (χ0) is 19.5. The van der Waals surface area contributed by atoms with E-state index in [-0.39, 0.29) is 0 Å². The van der Waals surface area contributed by atoms with Crippen LogP contribution in [0.1, 0.15) is 16.7 Å². The van der Waals surface area contributed by atoms with E-state index in [4.69, 9.17) is 0 Å². The van der Waals surface area contributed by atoms with Crippen LogP contribution in [-0.4, -0.2) is 41.4 Å². The molecule has 0 spiro atoms. The lowest BCUT2D eigenvalue weighted by Crippen LogP contribution is -2.47. The number of hydrogen-bond donors (Lipinski definition) is 1. The molecule has 1 N–H and O–H groups in total. The fraction of sp³-hybridized carbons (Fsp3) is 0.318. The van der Waals surface area contributed by atoms with E-state index in [1.807, 2.05) is 0 Å². The standard InChI is InChI=1S/C22H26N6/c1-16-5-4-6-19(14-16)27-9-11-28(12-10-27)21-15-23-26-22(25-21)24-20-8-7-17(2)13-18(20)3/h4-8,13-15H,9-12H2,1-3H3,(H,24,25,26). The Balaban J connectivity index is 1.44. The van der Waals surface area contributed by atoms with Crippen LogP contribution in [0.15, 0.2) is 48.7 Å². The number of anilines is 4. The molecule has 28 heavy (non-hydrogen) atoms. The smallest absolute Gasteiger partial charge is 0.249 e. The number of rotatable bonds is 4. The van der Waals surface area contributed by atoms with Gasteiger partial charge in [-0.2, -0.15) is 10.1 Å². The number of piperazine rings is 1. The number of nitrogens with zero attached hydrogens (tertiary/aromatic N) is 5. The van der Waals surface area contributed by atoms with Crippen molar-refractivity contribution in [3.8, 4) is 0 Å². The summed E-state index contributed by atoms with van der Waals surface area (Å²) in [5, 5.41) is 11.6. The molecule has 0 saturated carbocycles. The van der Waals surface area contributed by atoms with Crippen LogP contribution in [-0.2, 0) is 0 Å². The van der Waals surface area contributed by atoms with E-state index in [0.717, 1.165) is 37.7 Å². The highest BCUT2D eigenvalue weighted by Crippen LogP contribution is 2.22. The van der Waals surface area contributed by atoms with Crippen LogP contribution >= 0.6 is 0 Å². The Hall–Kier alpha value is -3.15. The zero-order valence-corrected chi connectivity index (χ0v) is 16.7. The topological polar surface area (TPSA) is 57.2 Å². The lowest BCUT2D eigenvalue weighted by molar-refractivity contribution is 0.644. The maximum Gasteiger partial charge on any atom is 0.249 e. The average molecular weight is 374 g/mol. The fourth-order valence-electron chi connectivity index (χ4n) is 3.59. The minimum absolute atomic E-state index is 0.533. The molecule has 144 valence electrons. The van der Waals surface area contributed by atoms with Crippen LogP contribution < -0.4 is 15.1 Å². The normalized spacial score (nSPS) is 14.2. The molecular formula is C22H26N6. The summed E-state index contributed by atoms with van der Waals surface area (Å²) in [6.45, 7) is 10.1. The van der Waals surface area contributed by atoms with Gasteiger partial charge >= 0.3 is 0 Å². The molecule has 1 aliphatic rings. The molecule has 1 aliphatic heterocycles. The Bertz CT molecular complexity index is 963. The van der Waals surface area contributed by atoms with Crippen molar-refractivity contribution in [2.45, 2.75) is 20.8 Å². The van der Waals surface area contributed by atoms with Gasteiger partial charge in [0.1, 0.15) is 0 Å². The molecule has 0 atom stereocenters. The molecule has 3 aromatic rings. The van der Waals surface area contributed by atoms with Gasteiger partial charge in [-0.3, -0.25) is 0 Å². The molecule has 1 saturated heterocycles. The Kier molecular flexibility index (Phi) is 5.10. The summed E-state index contributed by atoms with van der Waals surface area (Å²) in [4.78, 5) is 9.39. The summed E-state index contributed by atoms with van der Waals surface area (Å²) < 4.78 is 0. The van der Waals surface area contributed by atoms with Crippen molar-refractivity contribution >= 4 is 23.1 Å². The Morgan fingerprint density at radius 2 is 1.61 bits per heavy atom. The van der Waals surface area contributed by atoms with E-state index in [1.165, 1.54) is 22.4 Å². The molecular weight excluding hydrogens is 348 g/mol. The third kappa shape index (κ3) is 4.06. The van der Waals surface area contributed by atoms with Crippen molar-refractivity contribution in [1.82, 2.24) is 15.2 Å². The van der Waals surface area contributed by atoms with E-state index in [1.54, 1.807) is 6.20 Å². The molecule has 6 heteroatoms. The van der Waals surface area contributed by atoms with E-state index in [2.05, 4.69) is 93.5 Å². The number of benzene rings is 2. The molecule has 1 aromatic heterocycles. The molecule has 2 heterocycles. The number of aryl methyl sites for hydroxylation is 3. The van der Waals surface area contributed by atoms with Gasteiger partial charge in [-0.05, 0) is 50.1 Å². The minimum Gasteiger partial charge on any atom is -0.368 e. The zero-order valence-electron chi connectivity index (χ0n) is 16.7. The maximum atomic E-state index is 4.69. The largest absolute Gasteiger partial charge is 0.368 e. The fourth-order valence-corrected chi connectivity index (χ4v) is 3.59. The average Bonchev–Trinajstić information content (AvgIpc) is 2.71. The summed E-state index contributed by atoms with van der Waals surface area (Å²) in [6.07, 6.45) is 1.75. The van der Waals surface area contributed by atoms with Gasteiger partial charge in [0.15, 0.2) is 5.82 Å². The molecule has 6 nitrogen and oxygen atoms in total. The second kappa shape index (κ2) is 7.84. The van der Waals surface area contributed by atoms with Crippen molar-refractivity contribution in [1.29, 1.82) is 0 Å². The van der Waals surface area contributed by atoms with Crippen LogP contribution in [0.3, 0.4) is 0 Å². The van der Waals surface area contributed by atoms with E-state index >= 15 is 0 Å². The van der Waals surface area contributed by atoms with E-state index in [0.29, 0.717) is 5.95 Å². The van der Waals surface area contributed by atoms with Crippen LogP contribution in [0.5, 0.6) is 0 Å². The van der Waals surface area contributed by atoms with Gasteiger partial charge in [0.25, 0.3) is 0 Å². The number of nitrogens with one attached hydrogen (secondary N) is 1. The van der Waals surface area contributed by atoms with Crippen LogP contribution in [0.25, 0.3) is 0 Å². The summed E-state index contributed by atoms with van der Waals surface area (Å²) in [5.74, 6) is 1.40. The Labute approximate surface area is 166 Å². The molecule has 0 aliphatic carbocycles. The van der Waals surface area contributed by atoms with Gasteiger partial charge in [0.05, 0.1) is 6.20 Å². The minimum atomic E-state index is 0.533. The molecule has 0 unspecified atom stereocenters. The van der Waals surface area contributed by atoms with Gasteiger partial charge in [0.2, 0.25) is 5.95 Å². The van der Waals surface area contributed by atoms with Crippen molar-refractivity contribution in [3.05, 3.63) is 65.4 Å². The summed E-state index contributed by atoms with van der Waals surface area (Å²) in [5.41, 5.74) is 6.00. The second-order valence-electron chi connectivity index (χ2n) is 7.39. The summed E-state index contributed by atoms with van der Waals surface area (Å²) in [6, 6.07) is 15.0. The van der Waals surface area contributed by atoms with E-state index in [9.17, 15) is 0 Å². The maximum absolute atomic E-state index is 4.69. The second-order valence-corrected chi connectivity index (χ2v) is 7.39. The first-order chi connectivity index (χ1) is 13.6. The molecule has 2 aromatic carbocycles. The Morgan fingerprint density at radius 1 is 0.857 bits per heavy atom. The van der Waals surface area contributed by atoms with Gasteiger partial charge in [0, 0.05) is 37.6 Å². The van der Waals surface area contributed by atoms with Crippen molar-refractivity contribution in [3.63, 3.8) is 0 Å². The lowest BCUT2D eigenvalue weighted by Gasteiger charge is -2.36. The lowest BCUT2D eigenvalue weighted by atomic mass is 10.1. The summed E-state index contributed by atoms with van der Waals surface area (Å²) in [7, 11) is 0. The predicted octanol–water partition coefficient (Wildman–Crippen LogP) is 3.87.